The van der Waals surface area contributed by atoms with Crippen molar-refractivity contribution in [2.75, 3.05) is 18.0 Å². The fourth-order valence-electron chi connectivity index (χ4n) is 3.34. The maximum atomic E-state index is 10.8. The molecule has 36 heavy (non-hydrogen) atoms. The monoisotopic (exact) mass is 549 g/mol. The summed E-state index contributed by atoms with van der Waals surface area (Å²) >= 11 is 17.8. The second-order valence-corrected chi connectivity index (χ2v) is 9.11. The van der Waals surface area contributed by atoms with E-state index in [0.29, 0.717) is 46.3 Å². The molecule has 188 valence electrons. The van der Waals surface area contributed by atoms with Crippen molar-refractivity contribution in [3.05, 3.63) is 63.6 Å². The second-order valence-electron chi connectivity index (χ2n) is 7.94. The summed E-state index contributed by atoms with van der Waals surface area (Å²) in [4.78, 5) is 29.2. The third-order valence-corrected chi connectivity index (χ3v) is 6.41. The summed E-state index contributed by atoms with van der Waals surface area (Å²) in [6.45, 7) is 4.85. The predicted octanol–water partition coefficient (Wildman–Crippen LogP) is 6.08. The van der Waals surface area contributed by atoms with Gasteiger partial charge in [-0.3, -0.25) is 4.79 Å². The van der Waals surface area contributed by atoms with Gasteiger partial charge in [0, 0.05) is 38.3 Å². The Kier molecular flexibility index (Phi) is 8.13. The summed E-state index contributed by atoms with van der Waals surface area (Å²) in [5.41, 5.74) is 1.43. The lowest BCUT2D eigenvalue weighted by molar-refractivity contribution is -0.142. The average molecular weight is 551 g/mol. The SMILES string of the molecule is CCc1cnc(-c2cnc(Cl)c(Cl)c2)o1.CCc1cnc(-c2cnc(N3CC(C(=O)O)C3)c(Cl)c2)o1. The molecule has 1 aliphatic heterocycles. The van der Waals surface area contributed by atoms with Crippen molar-refractivity contribution >= 4 is 46.6 Å². The number of anilines is 1. The first-order chi connectivity index (χ1) is 17.3. The largest absolute Gasteiger partial charge is 0.481 e. The maximum Gasteiger partial charge on any atom is 0.310 e. The third-order valence-electron chi connectivity index (χ3n) is 5.45. The number of pyridine rings is 2. The highest BCUT2D eigenvalue weighted by atomic mass is 35.5. The zero-order valence-electron chi connectivity index (χ0n) is 19.4. The number of carboxylic acid groups (broad SMARTS) is 1. The van der Waals surface area contributed by atoms with E-state index in [9.17, 15) is 4.79 Å². The van der Waals surface area contributed by atoms with Gasteiger partial charge in [-0.1, -0.05) is 48.7 Å². The maximum absolute atomic E-state index is 10.8. The number of oxazole rings is 2. The Morgan fingerprint density at radius 2 is 1.42 bits per heavy atom. The van der Waals surface area contributed by atoms with Crippen LogP contribution in [-0.4, -0.2) is 44.1 Å². The van der Waals surface area contributed by atoms with E-state index in [2.05, 4.69) is 19.9 Å². The second kappa shape index (κ2) is 11.3. The molecule has 0 aromatic carbocycles. The smallest absolute Gasteiger partial charge is 0.310 e. The zero-order valence-corrected chi connectivity index (χ0v) is 21.7. The first kappa shape index (κ1) is 25.9. The molecule has 5 heterocycles. The van der Waals surface area contributed by atoms with Crippen LogP contribution in [0.4, 0.5) is 5.82 Å². The summed E-state index contributed by atoms with van der Waals surface area (Å²) in [6, 6.07) is 3.42. The van der Waals surface area contributed by atoms with E-state index >= 15 is 0 Å². The Morgan fingerprint density at radius 3 is 1.86 bits per heavy atom. The summed E-state index contributed by atoms with van der Waals surface area (Å²) in [7, 11) is 0. The average Bonchev–Trinajstić information content (AvgIpc) is 3.51. The number of carboxylic acids is 1. The number of aliphatic carboxylic acids is 1. The van der Waals surface area contributed by atoms with Crippen LogP contribution >= 0.6 is 34.8 Å². The molecule has 0 bridgehead atoms. The molecule has 1 N–H and O–H groups in total. The van der Waals surface area contributed by atoms with Gasteiger partial charge in [-0.25, -0.2) is 19.9 Å². The van der Waals surface area contributed by atoms with Gasteiger partial charge in [0.2, 0.25) is 11.8 Å². The number of hydrogen-bond donors (Lipinski definition) is 1. The van der Waals surface area contributed by atoms with Crippen molar-refractivity contribution < 1.29 is 18.7 Å². The topological polar surface area (TPSA) is 118 Å². The van der Waals surface area contributed by atoms with Crippen molar-refractivity contribution in [2.45, 2.75) is 26.7 Å². The van der Waals surface area contributed by atoms with Gasteiger partial charge in [0.25, 0.3) is 0 Å². The number of aromatic nitrogens is 4. The fourth-order valence-corrected chi connectivity index (χ4v) is 3.89. The summed E-state index contributed by atoms with van der Waals surface area (Å²) in [6.07, 6.45) is 8.18. The van der Waals surface area contributed by atoms with E-state index < -0.39 is 5.97 Å². The van der Waals surface area contributed by atoms with Crippen LogP contribution in [0.5, 0.6) is 0 Å². The van der Waals surface area contributed by atoms with Gasteiger partial charge in [-0.15, -0.1) is 0 Å². The van der Waals surface area contributed by atoms with Crippen LogP contribution in [0.2, 0.25) is 15.2 Å². The molecule has 1 saturated heterocycles. The molecule has 1 fully saturated rings. The van der Waals surface area contributed by atoms with Crippen LogP contribution in [0.25, 0.3) is 22.9 Å². The molecule has 1 aliphatic rings. The van der Waals surface area contributed by atoms with Crippen molar-refractivity contribution in [3.63, 3.8) is 0 Å². The molecule has 12 heteroatoms. The van der Waals surface area contributed by atoms with Crippen molar-refractivity contribution in [3.8, 4) is 22.9 Å². The minimum Gasteiger partial charge on any atom is -0.481 e. The van der Waals surface area contributed by atoms with Crippen molar-refractivity contribution in [1.29, 1.82) is 0 Å². The molecule has 0 unspecified atom stereocenters. The highest BCUT2D eigenvalue weighted by molar-refractivity contribution is 6.41. The molecular formula is C24H22Cl3N5O4. The Morgan fingerprint density at radius 1 is 0.889 bits per heavy atom. The highest BCUT2D eigenvalue weighted by Crippen LogP contribution is 2.32. The van der Waals surface area contributed by atoms with Gasteiger partial charge in [0.05, 0.1) is 39.5 Å². The lowest BCUT2D eigenvalue weighted by atomic mass is 10.0. The molecule has 4 aromatic heterocycles. The molecule has 0 radical (unpaired) electrons. The number of halogens is 3. The number of rotatable bonds is 6. The Labute approximate surface area is 222 Å². The van der Waals surface area contributed by atoms with Gasteiger partial charge in [-0.05, 0) is 12.1 Å². The van der Waals surface area contributed by atoms with Crippen LogP contribution in [-0.2, 0) is 17.6 Å². The molecule has 4 aromatic rings. The highest BCUT2D eigenvalue weighted by Gasteiger charge is 2.34. The van der Waals surface area contributed by atoms with Crippen LogP contribution < -0.4 is 4.90 Å². The Bertz CT molecular complexity index is 1370. The molecule has 9 nitrogen and oxygen atoms in total. The minimum absolute atomic E-state index is 0.280. The van der Waals surface area contributed by atoms with Crippen molar-refractivity contribution in [1.82, 2.24) is 19.9 Å². The van der Waals surface area contributed by atoms with Crippen LogP contribution in [0.3, 0.4) is 0 Å². The summed E-state index contributed by atoms with van der Waals surface area (Å²) in [5, 5.41) is 10.0. The molecule has 0 amide bonds. The van der Waals surface area contributed by atoms with Crippen LogP contribution in [0, 0.1) is 5.92 Å². The number of carbonyl (C=O) groups is 1. The van der Waals surface area contributed by atoms with Crippen molar-refractivity contribution in [2.24, 2.45) is 5.92 Å². The summed E-state index contributed by atoms with van der Waals surface area (Å²) in [5.74, 6) is 2.10. The zero-order chi connectivity index (χ0) is 25.8. The Balaban J connectivity index is 0.000000179. The lowest BCUT2D eigenvalue weighted by Crippen LogP contribution is -2.50. The molecule has 0 spiro atoms. The summed E-state index contributed by atoms with van der Waals surface area (Å²) < 4.78 is 11.0. The predicted molar refractivity (Wildman–Crippen MR) is 137 cm³/mol. The van der Waals surface area contributed by atoms with Gasteiger partial charge >= 0.3 is 5.97 Å². The minimum atomic E-state index is -0.786. The first-order valence-electron chi connectivity index (χ1n) is 11.1. The molecular weight excluding hydrogens is 529 g/mol. The van der Waals surface area contributed by atoms with E-state index in [1.54, 1.807) is 36.9 Å². The van der Waals surface area contributed by atoms with Gasteiger partial charge < -0.3 is 18.8 Å². The fraction of sp³-hybridized carbons (Fsp3) is 0.292. The van der Waals surface area contributed by atoms with E-state index in [1.165, 1.54) is 0 Å². The third kappa shape index (κ3) is 5.80. The van der Waals surface area contributed by atoms with E-state index in [4.69, 9.17) is 48.7 Å². The normalized spacial score (nSPS) is 13.2. The quantitative estimate of drug-likeness (QED) is 0.285. The first-order valence-corrected chi connectivity index (χ1v) is 12.3. The van der Waals surface area contributed by atoms with Gasteiger partial charge in [0.15, 0.2) is 0 Å². The Hall–Kier alpha value is -3.14. The molecule has 0 aliphatic carbocycles. The van der Waals surface area contributed by atoms with Gasteiger partial charge in [0.1, 0.15) is 22.5 Å². The van der Waals surface area contributed by atoms with Crippen LogP contribution in [0.1, 0.15) is 25.4 Å². The molecule has 5 rings (SSSR count). The van der Waals surface area contributed by atoms with Gasteiger partial charge in [-0.2, -0.15) is 0 Å². The van der Waals surface area contributed by atoms with E-state index in [1.807, 2.05) is 18.7 Å². The lowest BCUT2D eigenvalue weighted by Gasteiger charge is -2.37. The number of aryl methyl sites for hydroxylation is 2. The van der Waals surface area contributed by atoms with Crippen LogP contribution in [0.15, 0.2) is 45.8 Å². The molecule has 0 atom stereocenters. The molecule has 0 saturated carbocycles. The number of nitrogens with zero attached hydrogens (tertiary/aromatic N) is 5. The standard InChI is InChI=1S/C14H14ClN3O3.C10H8Cl2N2O/c1-2-10-5-17-13(21-10)8-3-11(15)12(16-4-8)18-6-9(7-18)14(19)20;1-2-7-5-14-10(15-7)6-3-8(11)9(12)13-4-6/h3-5,9H,2,6-7H2,1H3,(H,19,20);3-5H,2H2,1H3. The number of hydrogen-bond acceptors (Lipinski definition) is 8. The van der Waals surface area contributed by atoms with E-state index in [0.717, 1.165) is 29.9 Å². The van der Waals surface area contributed by atoms with E-state index in [-0.39, 0.29) is 11.1 Å².